The average molecular weight is 250 g/mol. The van der Waals surface area contributed by atoms with Gasteiger partial charge in [0.25, 0.3) is 5.56 Å². The maximum absolute atomic E-state index is 12.5. The minimum absolute atomic E-state index is 0.0235. The lowest BCUT2D eigenvalue weighted by Gasteiger charge is -2.09. The summed E-state index contributed by atoms with van der Waals surface area (Å²) < 4.78 is 1.76. The van der Waals surface area contributed by atoms with Gasteiger partial charge < -0.3 is 4.57 Å². The second kappa shape index (κ2) is 4.40. The molecule has 3 nitrogen and oxygen atoms in total. The first kappa shape index (κ1) is 11.7. The number of aryl methyl sites for hydroxylation is 1. The number of rotatable bonds is 1. The number of hydrogen-bond donors (Lipinski definition) is 0. The first-order valence-corrected chi connectivity index (χ1v) is 6.44. The first-order chi connectivity index (χ1) is 9.20. The Hall–Kier alpha value is -2.34. The lowest BCUT2D eigenvalue weighted by Crippen LogP contribution is -2.22. The van der Waals surface area contributed by atoms with Crippen molar-refractivity contribution in [2.45, 2.75) is 26.3 Å². The maximum Gasteiger partial charge on any atom is 0.258 e. The van der Waals surface area contributed by atoms with Crippen LogP contribution in [0.3, 0.4) is 0 Å². The van der Waals surface area contributed by atoms with Crippen LogP contribution in [-0.4, -0.2) is 4.57 Å². The molecule has 0 radical (unpaired) electrons. The van der Waals surface area contributed by atoms with Gasteiger partial charge in [0.1, 0.15) is 6.07 Å². The zero-order valence-electron chi connectivity index (χ0n) is 10.8. The third kappa shape index (κ3) is 1.86. The van der Waals surface area contributed by atoms with Crippen molar-refractivity contribution in [1.29, 1.82) is 5.26 Å². The van der Waals surface area contributed by atoms with Crippen molar-refractivity contribution in [3.8, 4) is 17.2 Å². The van der Waals surface area contributed by atoms with E-state index in [2.05, 4.69) is 6.07 Å². The molecule has 3 heteroatoms. The first-order valence-electron chi connectivity index (χ1n) is 6.44. The van der Waals surface area contributed by atoms with E-state index in [0.717, 1.165) is 36.2 Å². The van der Waals surface area contributed by atoms with Crippen LogP contribution >= 0.6 is 0 Å². The fraction of sp³-hybridized carbons (Fsp3) is 0.250. The summed E-state index contributed by atoms with van der Waals surface area (Å²) in [5.41, 5.74) is 4.22. The van der Waals surface area contributed by atoms with Crippen LogP contribution < -0.4 is 5.56 Å². The molecule has 0 saturated heterocycles. The lowest BCUT2D eigenvalue weighted by atomic mass is 10.0. The summed E-state index contributed by atoms with van der Waals surface area (Å²) in [4.78, 5) is 12.5. The van der Waals surface area contributed by atoms with Gasteiger partial charge in [-0.3, -0.25) is 4.79 Å². The summed E-state index contributed by atoms with van der Waals surface area (Å²) in [6.07, 6.45) is 1.77. The number of benzene rings is 1. The van der Waals surface area contributed by atoms with Crippen molar-refractivity contribution in [3.63, 3.8) is 0 Å². The second-order valence-corrected chi connectivity index (χ2v) is 4.96. The van der Waals surface area contributed by atoms with Crippen molar-refractivity contribution >= 4 is 0 Å². The number of hydrogen-bond acceptors (Lipinski definition) is 2. The lowest BCUT2D eigenvalue weighted by molar-refractivity contribution is 0.722. The van der Waals surface area contributed by atoms with Gasteiger partial charge in [0.15, 0.2) is 0 Å². The summed E-state index contributed by atoms with van der Waals surface area (Å²) in [5, 5.41) is 9.24. The fourth-order valence-corrected chi connectivity index (χ4v) is 2.65. The van der Waals surface area contributed by atoms with Crippen molar-refractivity contribution in [1.82, 2.24) is 4.57 Å². The van der Waals surface area contributed by atoms with Gasteiger partial charge in [0.05, 0.1) is 5.56 Å². The maximum atomic E-state index is 12.5. The minimum atomic E-state index is 0.0235. The summed E-state index contributed by atoms with van der Waals surface area (Å²) in [6, 6.07) is 11.8. The van der Waals surface area contributed by atoms with Gasteiger partial charge in [-0.2, -0.15) is 5.26 Å². The molecule has 2 heterocycles. The number of fused-ring (bicyclic) bond motifs is 1. The van der Waals surface area contributed by atoms with Crippen LogP contribution in [0.15, 0.2) is 35.1 Å². The van der Waals surface area contributed by atoms with Crippen LogP contribution in [0.5, 0.6) is 0 Å². The van der Waals surface area contributed by atoms with Crippen LogP contribution in [-0.2, 0) is 13.0 Å². The van der Waals surface area contributed by atoms with Gasteiger partial charge in [0.2, 0.25) is 0 Å². The molecule has 0 aliphatic carbocycles. The van der Waals surface area contributed by atoms with Gasteiger partial charge in [-0.05, 0) is 31.4 Å². The van der Waals surface area contributed by atoms with E-state index in [1.165, 1.54) is 0 Å². The number of pyridine rings is 1. The molecule has 94 valence electrons. The molecule has 19 heavy (non-hydrogen) atoms. The van der Waals surface area contributed by atoms with E-state index in [9.17, 15) is 10.1 Å². The standard InChI is InChI=1S/C16H14N2O/c1-11-4-6-12(7-5-11)14-9-13(10-17)15-3-2-8-18(15)16(14)19/h4-7,9H,2-3,8H2,1H3. The van der Waals surface area contributed by atoms with Crippen molar-refractivity contribution < 1.29 is 0 Å². The highest BCUT2D eigenvalue weighted by Crippen LogP contribution is 2.23. The predicted molar refractivity (Wildman–Crippen MR) is 73.9 cm³/mol. The Kier molecular flexibility index (Phi) is 2.72. The highest BCUT2D eigenvalue weighted by Gasteiger charge is 2.19. The third-order valence-corrected chi connectivity index (χ3v) is 3.68. The fourth-order valence-electron chi connectivity index (χ4n) is 2.65. The molecule has 0 N–H and O–H groups in total. The SMILES string of the molecule is Cc1ccc(-c2cc(C#N)c3n(c2=O)CCC3)cc1. The molecule has 1 aliphatic heterocycles. The molecule has 3 rings (SSSR count). The Morgan fingerprint density at radius 3 is 2.68 bits per heavy atom. The van der Waals surface area contributed by atoms with E-state index in [1.54, 1.807) is 10.6 Å². The Labute approximate surface area is 111 Å². The van der Waals surface area contributed by atoms with Crippen LogP contribution in [0.4, 0.5) is 0 Å². The minimum Gasteiger partial charge on any atom is -0.311 e. The van der Waals surface area contributed by atoms with Crippen molar-refractivity contribution in [2.75, 3.05) is 0 Å². The normalized spacial score (nSPS) is 13.1. The van der Waals surface area contributed by atoms with E-state index >= 15 is 0 Å². The molecule has 1 aliphatic rings. The molecule has 0 saturated carbocycles. The topological polar surface area (TPSA) is 45.8 Å². The van der Waals surface area contributed by atoms with Crippen LogP contribution in [0.25, 0.3) is 11.1 Å². The van der Waals surface area contributed by atoms with E-state index in [4.69, 9.17) is 0 Å². The molecule has 2 aromatic rings. The summed E-state index contributed by atoms with van der Waals surface area (Å²) in [6.45, 7) is 2.74. The molecular weight excluding hydrogens is 236 g/mol. The zero-order chi connectivity index (χ0) is 13.4. The Morgan fingerprint density at radius 1 is 1.26 bits per heavy atom. The highest BCUT2D eigenvalue weighted by molar-refractivity contribution is 5.65. The molecule has 0 atom stereocenters. The van der Waals surface area contributed by atoms with E-state index in [-0.39, 0.29) is 5.56 Å². The van der Waals surface area contributed by atoms with Gasteiger partial charge in [0, 0.05) is 17.8 Å². The van der Waals surface area contributed by atoms with Crippen LogP contribution in [0.2, 0.25) is 0 Å². The molecule has 1 aromatic heterocycles. The number of nitriles is 1. The van der Waals surface area contributed by atoms with Gasteiger partial charge >= 0.3 is 0 Å². The monoisotopic (exact) mass is 250 g/mol. The van der Waals surface area contributed by atoms with Gasteiger partial charge in [-0.1, -0.05) is 29.8 Å². The largest absolute Gasteiger partial charge is 0.311 e. The molecule has 0 bridgehead atoms. The predicted octanol–water partition coefficient (Wildman–Crippen LogP) is 2.64. The van der Waals surface area contributed by atoms with E-state index < -0.39 is 0 Å². The average Bonchev–Trinajstić information content (AvgIpc) is 2.91. The van der Waals surface area contributed by atoms with Crippen LogP contribution in [0, 0.1) is 18.3 Å². The molecule has 0 amide bonds. The third-order valence-electron chi connectivity index (χ3n) is 3.68. The van der Waals surface area contributed by atoms with E-state index in [1.807, 2.05) is 31.2 Å². The second-order valence-electron chi connectivity index (χ2n) is 4.96. The highest BCUT2D eigenvalue weighted by atomic mass is 16.1. The zero-order valence-corrected chi connectivity index (χ0v) is 10.8. The van der Waals surface area contributed by atoms with E-state index in [0.29, 0.717) is 11.1 Å². The molecule has 0 spiro atoms. The van der Waals surface area contributed by atoms with Crippen molar-refractivity contribution in [2.24, 2.45) is 0 Å². The quantitative estimate of drug-likeness (QED) is 0.781. The molecule has 0 unspecified atom stereocenters. The van der Waals surface area contributed by atoms with Gasteiger partial charge in [-0.25, -0.2) is 0 Å². The Balaban J connectivity index is 2.26. The summed E-state index contributed by atoms with van der Waals surface area (Å²) in [5.74, 6) is 0. The Morgan fingerprint density at radius 2 is 2.00 bits per heavy atom. The molecule has 1 aromatic carbocycles. The molecule has 0 fully saturated rings. The summed E-state index contributed by atoms with van der Waals surface area (Å²) >= 11 is 0. The molecular formula is C16H14N2O. The van der Waals surface area contributed by atoms with Crippen molar-refractivity contribution in [3.05, 3.63) is 57.5 Å². The van der Waals surface area contributed by atoms with Gasteiger partial charge in [-0.15, -0.1) is 0 Å². The van der Waals surface area contributed by atoms with Crippen LogP contribution in [0.1, 0.15) is 23.2 Å². The smallest absolute Gasteiger partial charge is 0.258 e. The summed E-state index contributed by atoms with van der Waals surface area (Å²) in [7, 11) is 0. The number of aromatic nitrogens is 1. The Bertz CT molecular complexity index is 733. The number of nitrogens with zero attached hydrogens (tertiary/aromatic N) is 2.